The summed E-state index contributed by atoms with van der Waals surface area (Å²) < 4.78 is 22.9. The van der Waals surface area contributed by atoms with E-state index in [4.69, 9.17) is 18.9 Å². The van der Waals surface area contributed by atoms with Crippen molar-refractivity contribution in [1.82, 2.24) is 0 Å². The highest BCUT2D eigenvalue weighted by atomic mass is 16.7. The van der Waals surface area contributed by atoms with E-state index in [-0.39, 0.29) is 38.6 Å². The Kier molecular flexibility index (Phi) is 54.0. The number of nitrogens with zero attached hydrogens (tertiary/aromatic N) is 1. The maximum absolute atomic E-state index is 12.9. The van der Waals surface area contributed by atoms with Crippen LogP contribution in [0.1, 0.15) is 258 Å². The number of aliphatic carboxylic acids is 1. The van der Waals surface area contributed by atoms with Gasteiger partial charge in [-0.25, -0.2) is 4.79 Å². The number of unbranched alkanes of at least 4 members (excludes halogenated alkanes) is 27. The van der Waals surface area contributed by atoms with Crippen molar-refractivity contribution in [3.05, 3.63) is 85.1 Å². The standard InChI is InChI=1S/C66H115NO8/c1-6-8-10-12-14-16-18-20-22-23-24-25-26-27-28-29-30-31-32-33-34-35-36-37-38-39-40-41-43-45-47-49-51-53-55-57-64(69)75-62(61-74-66(65(70)71)72-59-58-67(3,4)5)60-73-63(68)56-54-52-50-48-46-44-42-21-19-17-15-13-11-9-7-2/h8,10,14-17,20-22,24-25,27-28,42,62,66H,6-7,9,11-13,18-19,23,26,29-41,43-61H2,1-5H3/p+1/b10-8-,16-14-,17-15-,22-20-,25-24-,28-27-,42-21-. The number of carbonyl (C=O) groups is 3. The van der Waals surface area contributed by atoms with Crippen molar-refractivity contribution in [2.45, 2.75) is 270 Å². The Morgan fingerprint density at radius 1 is 0.413 bits per heavy atom. The van der Waals surface area contributed by atoms with E-state index >= 15 is 0 Å². The van der Waals surface area contributed by atoms with Gasteiger partial charge in [0, 0.05) is 12.8 Å². The third-order valence-electron chi connectivity index (χ3n) is 13.1. The monoisotopic (exact) mass is 1050 g/mol. The predicted molar refractivity (Wildman–Crippen MR) is 318 cm³/mol. The van der Waals surface area contributed by atoms with Crippen molar-refractivity contribution >= 4 is 17.9 Å². The van der Waals surface area contributed by atoms with Gasteiger partial charge in [0.15, 0.2) is 6.10 Å². The van der Waals surface area contributed by atoms with Gasteiger partial charge in [-0.15, -0.1) is 0 Å². The van der Waals surface area contributed by atoms with Crippen LogP contribution in [0.3, 0.4) is 0 Å². The molecule has 0 heterocycles. The summed E-state index contributed by atoms with van der Waals surface area (Å²) in [4.78, 5) is 37.4. The number of hydrogen-bond donors (Lipinski definition) is 1. The van der Waals surface area contributed by atoms with Crippen LogP contribution < -0.4 is 0 Å². The SMILES string of the molecule is CC/C=C\C/C=C\C/C=C\C/C=C\C/C=C\CCCCCCCCCCCCCCCCCCCCCC(=O)OC(COC(=O)CCCCCCC/C=C\C/C=C\CCCCC)COC(OCC[N+](C)(C)C)C(=O)O. The average Bonchev–Trinajstić information content (AvgIpc) is 3.38. The largest absolute Gasteiger partial charge is 0.477 e. The second kappa shape index (κ2) is 56.7. The zero-order chi connectivity index (χ0) is 54.8. The number of carbonyl (C=O) groups excluding carboxylic acids is 2. The molecule has 0 amide bonds. The summed E-state index contributed by atoms with van der Waals surface area (Å²) in [5, 5.41) is 9.70. The molecule has 75 heavy (non-hydrogen) atoms. The third-order valence-corrected chi connectivity index (χ3v) is 13.1. The van der Waals surface area contributed by atoms with Crippen LogP contribution in [0.15, 0.2) is 85.1 Å². The normalized spacial score (nSPS) is 13.3. The van der Waals surface area contributed by atoms with Gasteiger partial charge in [-0.05, 0) is 89.9 Å². The van der Waals surface area contributed by atoms with Gasteiger partial charge in [-0.3, -0.25) is 9.59 Å². The number of hydrogen-bond acceptors (Lipinski definition) is 7. The Bertz CT molecular complexity index is 1500. The summed E-state index contributed by atoms with van der Waals surface area (Å²) in [6, 6.07) is 0. The smallest absolute Gasteiger partial charge is 0.361 e. The van der Waals surface area contributed by atoms with Crippen molar-refractivity contribution < 1.29 is 42.9 Å². The first-order valence-electron chi connectivity index (χ1n) is 30.8. The first-order chi connectivity index (χ1) is 36.6. The molecule has 0 bridgehead atoms. The molecule has 9 heteroatoms. The zero-order valence-electron chi connectivity index (χ0n) is 49.2. The van der Waals surface area contributed by atoms with Crippen LogP contribution in [0, 0.1) is 0 Å². The van der Waals surface area contributed by atoms with Crippen LogP contribution in [-0.4, -0.2) is 87.4 Å². The molecule has 2 unspecified atom stereocenters. The summed E-state index contributed by atoms with van der Waals surface area (Å²) in [5.74, 6) is -2.02. The molecule has 432 valence electrons. The lowest BCUT2D eigenvalue weighted by molar-refractivity contribution is -0.870. The Labute approximate surface area is 461 Å². The number of esters is 2. The number of quaternary nitrogens is 1. The van der Waals surface area contributed by atoms with Gasteiger partial charge >= 0.3 is 17.9 Å². The molecule has 0 aromatic carbocycles. The van der Waals surface area contributed by atoms with Gasteiger partial charge in [0.05, 0.1) is 34.4 Å². The highest BCUT2D eigenvalue weighted by Gasteiger charge is 2.25. The summed E-state index contributed by atoms with van der Waals surface area (Å²) in [5.41, 5.74) is 0. The Morgan fingerprint density at radius 3 is 1.13 bits per heavy atom. The molecule has 0 aromatic heterocycles. The third kappa shape index (κ3) is 58.0. The number of rotatable bonds is 56. The molecule has 0 aromatic rings. The maximum atomic E-state index is 12.9. The highest BCUT2D eigenvalue weighted by molar-refractivity contribution is 5.71. The molecular weight excluding hydrogens is 935 g/mol. The average molecular weight is 1050 g/mol. The van der Waals surface area contributed by atoms with E-state index in [0.717, 1.165) is 96.3 Å². The Balaban J connectivity index is 4.08. The van der Waals surface area contributed by atoms with Crippen molar-refractivity contribution in [1.29, 1.82) is 0 Å². The Hall–Kier alpha value is -3.53. The van der Waals surface area contributed by atoms with Crippen molar-refractivity contribution in [3.63, 3.8) is 0 Å². The summed E-state index contributed by atoms with van der Waals surface area (Å²) >= 11 is 0. The molecule has 0 spiro atoms. The summed E-state index contributed by atoms with van der Waals surface area (Å²) in [7, 11) is 5.96. The molecule has 0 aliphatic carbocycles. The number of allylic oxidation sites excluding steroid dienone is 14. The van der Waals surface area contributed by atoms with Crippen LogP contribution in [0.5, 0.6) is 0 Å². The van der Waals surface area contributed by atoms with E-state index < -0.39 is 24.3 Å². The van der Waals surface area contributed by atoms with E-state index in [1.807, 2.05) is 21.1 Å². The van der Waals surface area contributed by atoms with Gasteiger partial charge in [-0.2, -0.15) is 0 Å². The fraction of sp³-hybridized carbons (Fsp3) is 0.742. The molecule has 9 nitrogen and oxygen atoms in total. The summed E-state index contributed by atoms with van der Waals surface area (Å²) in [6.07, 6.45) is 72.5. The van der Waals surface area contributed by atoms with Gasteiger partial charge in [0.25, 0.3) is 6.29 Å². The molecule has 2 atom stereocenters. The lowest BCUT2D eigenvalue weighted by atomic mass is 10.0. The van der Waals surface area contributed by atoms with Crippen LogP contribution in [0.4, 0.5) is 0 Å². The molecular formula is C66H116NO8+. The molecule has 0 aliphatic heterocycles. The van der Waals surface area contributed by atoms with Crippen LogP contribution in [-0.2, 0) is 33.3 Å². The minimum absolute atomic E-state index is 0.184. The van der Waals surface area contributed by atoms with E-state index in [9.17, 15) is 19.5 Å². The number of carboxylic acids is 1. The van der Waals surface area contributed by atoms with Crippen molar-refractivity contribution in [2.75, 3.05) is 47.5 Å². The fourth-order valence-corrected chi connectivity index (χ4v) is 8.42. The lowest BCUT2D eigenvalue weighted by Crippen LogP contribution is -2.40. The van der Waals surface area contributed by atoms with Crippen molar-refractivity contribution in [2.24, 2.45) is 0 Å². The minimum Gasteiger partial charge on any atom is -0.477 e. The number of ether oxygens (including phenoxy) is 4. The van der Waals surface area contributed by atoms with Crippen LogP contribution >= 0.6 is 0 Å². The summed E-state index contributed by atoms with van der Waals surface area (Å²) in [6.45, 7) is 4.73. The zero-order valence-corrected chi connectivity index (χ0v) is 49.2. The van der Waals surface area contributed by atoms with E-state index in [1.54, 1.807) is 0 Å². The molecule has 0 radical (unpaired) electrons. The van der Waals surface area contributed by atoms with Crippen LogP contribution in [0.25, 0.3) is 0 Å². The highest BCUT2D eigenvalue weighted by Crippen LogP contribution is 2.17. The molecule has 0 aliphatic rings. The van der Waals surface area contributed by atoms with Gasteiger partial charge in [-0.1, -0.05) is 240 Å². The Morgan fingerprint density at radius 2 is 0.760 bits per heavy atom. The molecule has 0 fully saturated rings. The maximum Gasteiger partial charge on any atom is 0.361 e. The van der Waals surface area contributed by atoms with Gasteiger partial charge in [0.2, 0.25) is 0 Å². The molecule has 0 saturated carbocycles. The van der Waals surface area contributed by atoms with Crippen LogP contribution in [0.2, 0.25) is 0 Å². The lowest BCUT2D eigenvalue weighted by Gasteiger charge is -2.25. The predicted octanol–water partition coefficient (Wildman–Crippen LogP) is 18.3. The first kappa shape index (κ1) is 71.5. The minimum atomic E-state index is -1.51. The number of carboxylic acid groups (broad SMARTS) is 1. The topological polar surface area (TPSA) is 108 Å². The molecule has 1 N–H and O–H groups in total. The van der Waals surface area contributed by atoms with Gasteiger partial charge < -0.3 is 28.5 Å². The fourth-order valence-electron chi connectivity index (χ4n) is 8.42. The quantitative estimate of drug-likeness (QED) is 0.0211. The second-order valence-electron chi connectivity index (χ2n) is 21.6. The van der Waals surface area contributed by atoms with E-state index in [1.165, 1.54) is 135 Å². The molecule has 0 rings (SSSR count). The van der Waals surface area contributed by atoms with E-state index in [0.29, 0.717) is 11.0 Å². The van der Waals surface area contributed by atoms with Crippen molar-refractivity contribution in [3.8, 4) is 0 Å². The first-order valence-corrected chi connectivity index (χ1v) is 30.8. The van der Waals surface area contributed by atoms with E-state index in [2.05, 4.69) is 98.9 Å². The second-order valence-corrected chi connectivity index (χ2v) is 21.6. The molecule has 0 saturated heterocycles. The van der Waals surface area contributed by atoms with Gasteiger partial charge in [0.1, 0.15) is 13.2 Å². The number of likely N-dealkylation sites (N-methyl/N-ethyl adjacent to an activating group) is 1.